The van der Waals surface area contributed by atoms with Gasteiger partial charge in [0.25, 0.3) is 0 Å². The summed E-state index contributed by atoms with van der Waals surface area (Å²) in [6.07, 6.45) is 0.940. The van der Waals surface area contributed by atoms with Gasteiger partial charge in [-0.1, -0.05) is 13.8 Å². The van der Waals surface area contributed by atoms with Crippen molar-refractivity contribution in [2.75, 3.05) is 13.7 Å². The van der Waals surface area contributed by atoms with E-state index in [1.165, 1.54) is 0 Å². The number of nitrogens with zero attached hydrogens (tertiary/aromatic N) is 3. The Balaban J connectivity index is 1.77. The zero-order valence-corrected chi connectivity index (χ0v) is 13.0. The van der Waals surface area contributed by atoms with Gasteiger partial charge in [-0.15, -0.1) is 0 Å². The molecule has 3 N–H and O–H groups in total. The molecule has 2 aliphatic rings. The molecule has 2 heterocycles. The lowest BCUT2D eigenvalue weighted by Crippen LogP contribution is -2.80. The van der Waals surface area contributed by atoms with Crippen LogP contribution in [0.5, 0.6) is 0 Å². The molecule has 1 aliphatic heterocycles. The van der Waals surface area contributed by atoms with E-state index in [0.717, 1.165) is 12.2 Å². The molecule has 1 aliphatic carbocycles. The Morgan fingerprint density at radius 2 is 2.29 bits per heavy atom. The molecule has 21 heavy (non-hydrogen) atoms. The number of aromatic amines is 1. The number of carbonyl (C=O) groups is 1. The van der Waals surface area contributed by atoms with Gasteiger partial charge in [-0.2, -0.15) is 5.10 Å². The van der Waals surface area contributed by atoms with Crippen molar-refractivity contribution in [1.29, 1.82) is 0 Å². The van der Waals surface area contributed by atoms with Crippen LogP contribution in [-0.4, -0.2) is 51.3 Å². The lowest BCUT2D eigenvalue weighted by Gasteiger charge is -2.61. The lowest BCUT2D eigenvalue weighted by atomic mass is 9.47. The van der Waals surface area contributed by atoms with Crippen LogP contribution in [0.3, 0.4) is 0 Å². The van der Waals surface area contributed by atoms with E-state index in [4.69, 9.17) is 10.5 Å². The number of fused-ring (bicyclic) bond motifs is 1. The summed E-state index contributed by atoms with van der Waals surface area (Å²) < 4.78 is 5.73. The van der Waals surface area contributed by atoms with Crippen LogP contribution in [0.25, 0.3) is 0 Å². The molecule has 0 radical (unpaired) electrons. The maximum Gasteiger partial charge on any atom is 0.243 e. The summed E-state index contributed by atoms with van der Waals surface area (Å²) in [4.78, 5) is 18.8. The zero-order chi connectivity index (χ0) is 15.4. The molecule has 2 fully saturated rings. The van der Waals surface area contributed by atoms with Gasteiger partial charge in [0.1, 0.15) is 11.4 Å². The topological polar surface area (TPSA) is 97.1 Å². The standard InChI is InChI=1S/C14H23N5O2/c1-8-16-10(18-17-8)7-19(4)12(20)14(15)9-5-6-21-11(9)13(14,2)3/h9,11H,5-7,15H2,1-4H3,(H,16,17,18). The number of aromatic nitrogens is 3. The third kappa shape index (κ3) is 1.83. The molecule has 116 valence electrons. The number of nitrogens with two attached hydrogens (primary N) is 1. The number of likely N-dealkylation sites (N-methyl/N-ethyl adjacent to an activating group) is 1. The van der Waals surface area contributed by atoms with E-state index in [1.807, 2.05) is 20.8 Å². The number of carbonyl (C=O) groups excluding carboxylic acids is 1. The highest BCUT2D eigenvalue weighted by molar-refractivity contribution is 5.89. The molecule has 3 rings (SSSR count). The highest BCUT2D eigenvalue weighted by Crippen LogP contribution is 2.58. The van der Waals surface area contributed by atoms with Gasteiger partial charge in [-0.3, -0.25) is 9.89 Å². The number of rotatable bonds is 3. The number of ether oxygens (including phenoxy) is 1. The molecular formula is C14H23N5O2. The minimum atomic E-state index is -0.867. The van der Waals surface area contributed by atoms with Crippen molar-refractivity contribution in [3.8, 4) is 0 Å². The van der Waals surface area contributed by atoms with Gasteiger partial charge in [0, 0.05) is 25.0 Å². The Hall–Kier alpha value is -1.47. The fourth-order valence-corrected chi connectivity index (χ4v) is 3.88. The van der Waals surface area contributed by atoms with Gasteiger partial charge >= 0.3 is 0 Å². The van der Waals surface area contributed by atoms with Crippen LogP contribution in [0.4, 0.5) is 0 Å². The van der Waals surface area contributed by atoms with E-state index >= 15 is 0 Å². The van der Waals surface area contributed by atoms with Crippen molar-refractivity contribution in [2.24, 2.45) is 17.1 Å². The van der Waals surface area contributed by atoms with E-state index in [1.54, 1.807) is 11.9 Å². The first-order chi connectivity index (χ1) is 9.78. The van der Waals surface area contributed by atoms with E-state index in [9.17, 15) is 4.79 Å². The first-order valence-electron chi connectivity index (χ1n) is 7.32. The normalized spacial score (nSPS) is 33.4. The number of H-pyrrole nitrogens is 1. The molecule has 1 saturated carbocycles. The summed E-state index contributed by atoms with van der Waals surface area (Å²) in [6, 6.07) is 0. The SMILES string of the molecule is Cc1nc(CN(C)C(=O)C2(N)C3CCOC3C2(C)C)n[nH]1. The van der Waals surface area contributed by atoms with Crippen molar-refractivity contribution >= 4 is 5.91 Å². The zero-order valence-electron chi connectivity index (χ0n) is 13.0. The second kappa shape index (κ2) is 4.51. The predicted octanol–water partition coefficient (Wildman–Crippen LogP) is 0.214. The number of nitrogens with one attached hydrogen (secondary N) is 1. The van der Waals surface area contributed by atoms with E-state index in [2.05, 4.69) is 15.2 Å². The number of amides is 1. The van der Waals surface area contributed by atoms with Crippen molar-refractivity contribution in [2.45, 2.75) is 45.4 Å². The summed E-state index contributed by atoms with van der Waals surface area (Å²) in [5, 5.41) is 6.85. The smallest absolute Gasteiger partial charge is 0.243 e. The highest BCUT2D eigenvalue weighted by Gasteiger charge is 2.71. The second-order valence-corrected chi connectivity index (χ2v) is 6.78. The maximum atomic E-state index is 12.9. The van der Waals surface area contributed by atoms with Gasteiger partial charge in [0.2, 0.25) is 5.91 Å². The Labute approximate surface area is 124 Å². The van der Waals surface area contributed by atoms with Gasteiger partial charge in [-0.05, 0) is 13.3 Å². The average Bonchev–Trinajstić information content (AvgIpc) is 3.05. The third-order valence-electron chi connectivity index (χ3n) is 5.18. The van der Waals surface area contributed by atoms with Gasteiger partial charge in [-0.25, -0.2) is 4.98 Å². The number of hydrogen-bond acceptors (Lipinski definition) is 5. The molecule has 7 heteroatoms. The van der Waals surface area contributed by atoms with Crippen molar-refractivity contribution in [3.63, 3.8) is 0 Å². The fraction of sp³-hybridized carbons (Fsp3) is 0.786. The largest absolute Gasteiger partial charge is 0.377 e. The van der Waals surface area contributed by atoms with Crippen LogP contribution in [-0.2, 0) is 16.1 Å². The molecule has 3 unspecified atom stereocenters. The quantitative estimate of drug-likeness (QED) is 0.830. The molecule has 1 aromatic rings. The molecule has 3 atom stereocenters. The maximum absolute atomic E-state index is 12.9. The lowest BCUT2D eigenvalue weighted by molar-refractivity contribution is -0.183. The van der Waals surface area contributed by atoms with Crippen LogP contribution in [0.15, 0.2) is 0 Å². The van der Waals surface area contributed by atoms with Crippen molar-refractivity contribution in [3.05, 3.63) is 11.6 Å². The second-order valence-electron chi connectivity index (χ2n) is 6.78. The van der Waals surface area contributed by atoms with Crippen LogP contribution >= 0.6 is 0 Å². The number of hydrogen-bond donors (Lipinski definition) is 2. The van der Waals surface area contributed by atoms with Gasteiger partial charge < -0.3 is 15.4 Å². The summed E-state index contributed by atoms with van der Waals surface area (Å²) in [6.45, 7) is 6.91. The van der Waals surface area contributed by atoms with Crippen LogP contribution in [0.2, 0.25) is 0 Å². The first kappa shape index (κ1) is 14.5. The fourth-order valence-electron chi connectivity index (χ4n) is 3.88. The first-order valence-corrected chi connectivity index (χ1v) is 7.32. The molecule has 1 aromatic heterocycles. The van der Waals surface area contributed by atoms with Crippen LogP contribution in [0.1, 0.15) is 31.9 Å². The van der Waals surface area contributed by atoms with E-state index in [-0.39, 0.29) is 23.3 Å². The Kier molecular flexibility index (Phi) is 3.11. The molecule has 0 aromatic carbocycles. The molecule has 1 amide bonds. The summed E-state index contributed by atoms with van der Waals surface area (Å²) in [5.41, 5.74) is 5.33. The predicted molar refractivity (Wildman–Crippen MR) is 76.1 cm³/mol. The van der Waals surface area contributed by atoms with Gasteiger partial charge in [0.15, 0.2) is 5.82 Å². The minimum Gasteiger partial charge on any atom is -0.377 e. The average molecular weight is 293 g/mol. The Morgan fingerprint density at radius 1 is 1.57 bits per heavy atom. The molecule has 7 nitrogen and oxygen atoms in total. The number of aryl methyl sites for hydroxylation is 1. The highest BCUT2D eigenvalue weighted by atomic mass is 16.5. The van der Waals surface area contributed by atoms with Crippen molar-refractivity contribution < 1.29 is 9.53 Å². The summed E-state index contributed by atoms with van der Waals surface area (Å²) in [7, 11) is 1.75. The monoisotopic (exact) mass is 293 g/mol. The minimum absolute atomic E-state index is 0.0540. The molecule has 0 bridgehead atoms. The molecular weight excluding hydrogens is 270 g/mol. The van der Waals surface area contributed by atoms with Crippen molar-refractivity contribution in [1.82, 2.24) is 20.1 Å². The Morgan fingerprint density at radius 3 is 2.90 bits per heavy atom. The molecule has 0 spiro atoms. The summed E-state index contributed by atoms with van der Waals surface area (Å²) in [5.74, 6) is 1.39. The summed E-state index contributed by atoms with van der Waals surface area (Å²) >= 11 is 0. The van der Waals surface area contributed by atoms with Gasteiger partial charge in [0.05, 0.1) is 12.6 Å². The van der Waals surface area contributed by atoms with Crippen LogP contribution < -0.4 is 5.73 Å². The van der Waals surface area contributed by atoms with E-state index in [0.29, 0.717) is 19.0 Å². The van der Waals surface area contributed by atoms with E-state index < -0.39 is 5.54 Å². The third-order valence-corrected chi connectivity index (χ3v) is 5.18. The van der Waals surface area contributed by atoms with Crippen LogP contribution in [0, 0.1) is 18.3 Å². The Bertz CT molecular complexity index is 569. The molecule has 1 saturated heterocycles.